The Bertz CT molecular complexity index is 8.85. The van der Waals surface area contributed by atoms with Crippen molar-refractivity contribution in [1.29, 1.82) is 0 Å². The molecule has 0 aromatic carbocycles. The van der Waals surface area contributed by atoms with Gasteiger partial charge in [0.25, 0.3) is 0 Å². The summed E-state index contributed by atoms with van der Waals surface area (Å²) in [6.45, 7) is 4.19. The zero-order chi connectivity index (χ0) is 3.41. The maximum absolute atomic E-state index is 4.97. The Morgan fingerprint density at radius 1 is 1.60 bits per heavy atom. The van der Waals surface area contributed by atoms with Crippen molar-refractivity contribution in [1.82, 2.24) is 0 Å². The van der Waals surface area contributed by atoms with Crippen molar-refractivity contribution in [2.45, 2.75) is 6.42 Å². The second-order valence-electron chi connectivity index (χ2n) is 0.642. The van der Waals surface area contributed by atoms with Crippen molar-refractivity contribution in [2.24, 2.45) is 5.73 Å². The van der Waals surface area contributed by atoms with Gasteiger partial charge in [-0.05, 0) is 13.0 Å². The SMILES string of the molecule is [CH2]CCN.[NaH]. The van der Waals surface area contributed by atoms with Crippen molar-refractivity contribution < 1.29 is 0 Å². The minimum atomic E-state index is 0. The van der Waals surface area contributed by atoms with Crippen molar-refractivity contribution >= 4 is 29.6 Å². The molecule has 0 rings (SSSR count). The first-order valence-electron chi connectivity index (χ1n) is 1.41. The summed E-state index contributed by atoms with van der Waals surface area (Å²) in [5, 5.41) is 0. The molecule has 0 fully saturated rings. The summed E-state index contributed by atoms with van der Waals surface area (Å²) in [5.41, 5.74) is 4.97. The molecule has 0 atom stereocenters. The molecule has 0 unspecified atom stereocenters. The second kappa shape index (κ2) is 8.88. The van der Waals surface area contributed by atoms with Gasteiger partial charge < -0.3 is 5.73 Å². The zero-order valence-corrected chi connectivity index (χ0v) is 2.70. The summed E-state index contributed by atoms with van der Waals surface area (Å²) >= 11 is 0. The van der Waals surface area contributed by atoms with E-state index < -0.39 is 0 Å². The summed E-state index contributed by atoms with van der Waals surface area (Å²) in [7, 11) is 0. The predicted molar refractivity (Wildman–Crippen MR) is 26.2 cm³/mol. The molecule has 0 aliphatic carbocycles. The van der Waals surface area contributed by atoms with Crippen molar-refractivity contribution in [3.8, 4) is 0 Å². The quantitative estimate of drug-likeness (QED) is 0.425. The van der Waals surface area contributed by atoms with Gasteiger partial charge in [-0.25, -0.2) is 0 Å². The average molecular weight is 82.1 g/mol. The average Bonchev–Trinajstić information content (AvgIpc) is 1.37. The maximum atomic E-state index is 4.97. The van der Waals surface area contributed by atoms with E-state index in [9.17, 15) is 0 Å². The van der Waals surface area contributed by atoms with Crippen LogP contribution in [0.4, 0.5) is 0 Å². The van der Waals surface area contributed by atoms with E-state index in [0.717, 1.165) is 6.42 Å². The van der Waals surface area contributed by atoms with E-state index in [4.69, 9.17) is 5.73 Å². The van der Waals surface area contributed by atoms with Crippen molar-refractivity contribution in [3.05, 3.63) is 6.92 Å². The molecule has 0 saturated carbocycles. The third-order valence-electron chi connectivity index (χ3n) is 0.204. The Labute approximate surface area is 55.2 Å². The third-order valence-corrected chi connectivity index (χ3v) is 0.204. The van der Waals surface area contributed by atoms with E-state index in [0.29, 0.717) is 6.54 Å². The summed E-state index contributed by atoms with van der Waals surface area (Å²) in [6, 6.07) is 0. The van der Waals surface area contributed by atoms with E-state index in [1.807, 2.05) is 0 Å². The van der Waals surface area contributed by atoms with Gasteiger partial charge in [0.05, 0.1) is 0 Å². The Morgan fingerprint density at radius 2 is 1.80 bits per heavy atom. The molecule has 0 saturated heterocycles. The normalized spacial score (nSPS) is 6.00. The van der Waals surface area contributed by atoms with Gasteiger partial charge in [-0.2, -0.15) is 0 Å². The molecule has 1 radical (unpaired) electrons. The molecule has 0 aromatic heterocycles. The van der Waals surface area contributed by atoms with Crippen LogP contribution >= 0.6 is 0 Å². The standard InChI is InChI=1S/C3H8N.Na.H/c1-2-3-4;;/h1-4H2;;. The Balaban J connectivity index is 0. The van der Waals surface area contributed by atoms with Crippen LogP contribution in [0.5, 0.6) is 0 Å². The third kappa shape index (κ3) is 11.3. The first-order chi connectivity index (χ1) is 1.91. The second-order valence-corrected chi connectivity index (χ2v) is 0.642. The molecule has 2 N–H and O–H groups in total. The van der Waals surface area contributed by atoms with Crippen LogP contribution in [0.15, 0.2) is 0 Å². The van der Waals surface area contributed by atoms with E-state index in [2.05, 4.69) is 6.92 Å². The van der Waals surface area contributed by atoms with E-state index in [-0.39, 0.29) is 29.6 Å². The van der Waals surface area contributed by atoms with Crippen LogP contribution in [0.3, 0.4) is 0 Å². The minimum absolute atomic E-state index is 0. The number of rotatable bonds is 1. The van der Waals surface area contributed by atoms with Crippen LogP contribution in [-0.2, 0) is 0 Å². The van der Waals surface area contributed by atoms with Crippen LogP contribution in [0.25, 0.3) is 0 Å². The Morgan fingerprint density at radius 3 is 1.80 bits per heavy atom. The molecule has 0 aliphatic rings. The number of hydrogen-bond donors (Lipinski definition) is 1. The Hall–Kier alpha value is 0.960. The van der Waals surface area contributed by atoms with Crippen LogP contribution in [0.1, 0.15) is 6.42 Å². The van der Waals surface area contributed by atoms with Crippen LogP contribution in [0, 0.1) is 6.92 Å². The fraction of sp³-hybridized carbons (Fsp3) is 0.667. The Kier molecular flexibility index (Phi) is 16.6. The molecule has 0 aliphatic heterocycles. The van der Waals surface area contributed by atoms with Gasteiger partial charge in [-0.15, -0.1) is 0 Å². The first-order valence-corrected chi connectivity index (χ1v) is 1.41. The van der Waals surface area contributed by atoms with Gasteiger partial charge >= 0.3 is 29.6 Å². The molecule has 1 nitrogen and oxygen atoms in total. The summed E-state index contributed by atoms with van der Waals surface area (Å²) in [5.74, 6) is 0. The summed E-state index contributed by atoms with van der Waals surface area (Å²) in [4.78, 5) is 0. The molecule has 0 aromatic rings. The monoisotopic (exact) mass is 82.1 g/mol. The van der Waals surface area contributed by atoms with Crippen LogP contribution < -0.4 is 5.73 Å². The fourth-order valence-corrected chi connectivity index (χ4v) is 0. The van der Waals surface area contributed by atoms with Gasteiger partial charge in [0.2, 0.25) is 0 Å². The molecule has 5 heavy (non-hydrogen) atoms. The molecule has 2 heteroatoms. The molecular weight excluding hydrogens is 73.0 g/mol. The van der Waals surface area contributed by atoms with Gasteiger partial charge in [0.1, 0.15) is 0 Å². The fourth-order valence-electron chi connectivity index (χ4n) is 0. The topological polar surface area (TPSA) is 26.0 Å². The van der Waals surface area contributed by atoms with E-state index in [1.54, 1.807) is 0 Å². The van der Waals surface area contributed by atoms with Crippen molar-refractivity contribution in [3.63, 3.8) is 0 Å². The van der Waals surface area contributed by atoms with E-state index >= 15 is 0 Å². The predicted octanol–water partition coefficient (Wildman–Crippen LogP) is -0.479. The zero-order valence-electron chi connectivity index (χ0n) is 2.70. The molecule has 0 spiro atoms. The molecule has 0 heterocycles. The van der Waals surface area contributed by atoms with Gasteiger partial charge in [-0.1, -0.05) is 6.92 Å². The van der Waals surface area contributed by atoms with Crippen LogP contribution in [-0.4, -0.2) is 36.1 Å². The summed E-state index contributed by atoms with van der Waals surface area (Å²) < 4.78 is 0. The number of hydrogen-bond acceptors (Lipinski definition) is 1. The van der Waals surface area contributed by atoms with Gasteiger partial charge in [0, 0.05) is 0 Å². The van der Waals surface area contributed by atoms with Gasteiger partial charge in [-0.3, -0.25) is 0 Å². The van der Waals surface area contributed by atoms with Crippen LogP contribution in [0.2, 0.25) is 0 Å². The summed E-state index contributed by atoms with van der Waals surface area (Å²) in [6.07, 6.45) is 0.847. The van der Waals surface area contributed by atoms with E-state index in [1.165, 1.54) is 0 Å². The molecule has 0 bridgehead atoms. The molecular formula is C3H9NNa. The first kappa shape index (κ1) is 9.35. The molecule has 27 valence electrons. The molecule has 0 amide bonds. The number of nitrogens with two attached hydrogens (primary N) is 1. The van der Waals surface area contributed by atoms with Crippen molar-refractivity contribution in [2.75, 3.05) is 6.54 Å². The van der Waals surface area contributed by atoms with Gasteiger partial charge in [0.15, 0.2) is 0 Å².